The van der Waals surface area contributed by atoms with E-state index in [1.54, 1.807) is 0 Å². The molecule has 1 heterocycles. The third-order valence-corrected chi connectivity index (χ3v) is 3.73. The van der Waals surface area contributed by atoms with Gasteiger partial charge in [0.05, 0.1) is 6.33 Å². The Balaban J connectivity index is 3.22. The summed E-state index contributed by atoms with van der Waals surface area (Å²) in [5.41, 5.74) is -3.64. The summed E-state index contributed by atoms with van der Waals surface area (Å²) in [5, 5.41) is 7.91. The number of hydrogen-bond acceptors (Lipinski definition) is 4. The van der Waals surface area contributed by atoms with Crippen molar-refractivity contribution in [1.29, 1.82) is 0 Å². The molecular formula is C8H10F3N3O4S. The number of alkyl halides is 3. The van der Waals surface area contributed by atoms with E-state index < -0.39 is 32.7 Å². The summed E-state index contributed by atoms with van der Waals surface area (Å²) in [6.45, 7) is 0.218. The van der Waals surface area contributed by atoms with Gasteiger partial charge in [0.25, 0.3) is 10.0 Å². The van der Waals surface area contributed by atoms with Crippen molar-refractivity contribution >= 4 is 16.0 Å². The SMILES string of the molecule is Cn1cnc(S(=O)(=O)NC(C)(C(=O)O)C(F)(F)F)c1. The molecule has 0 saturated carbocycles. The Morgan fingerprint density at radius 2 is 2.00 bits per heavy atom. The van der Waals surface area contributed by atoms with Gasteiger partial charge in [0.1, 0.15) is 0 Å². The molecule has 0 aromatic carbocycles. The lowest BCUT2D eigenvalue weighted by atomic mass is 10.0. The summed E-state index contributed by atoms with van der Waals surface area (Å²) in [4.78, 5) is 14.1. The van der Waals surface area contributed by atoms with E-state index in [9.17, 15) is 26.4 Å². The highest BCUT2D eigenvalue weighted by atomic mass is 32.2. The van der Waals surface area contributed by atoms with Crippen molar-refractivity contribution in [2.24, 2.45) is 7.05 Å². The van der Waals surface area contributed by atoms with Crippen LogP contribution >= 0.6 is 0 Å². The Hall–Kier alpha value is -1.62. The maximum absolute atomic E-state index is 12.7. The maximum Gasteiger partial charge on any atom is 0.418 e. The molecule has 19 heavy (non-hydrogen) atoms. The van der Waals surface area contributed by atoms with Crippen molar-refractivity contribution in [3.05, 3.63) is 12.5 Å². The molecule has 0 fully saturated rings. The van der Waals surface area contributed by atoms with Gasteiger partial charge in [-0.3, -0.25) is 0 Å². The molecule has 11 heteroatoms. The van der Waals surface area contributed by atoms with E-state index in [1.807, 2.05) is 0 Å². The molecule has 1 rings (SSSR count). The molecule has 1 unspecified atom stereocenters. The number of carbonyl (C=O) groups is 1. The van der Waals surface area contributed by atoms with Crippen LogP contribution in [0.4, 0.5) is 13.2 Å². The van der Waals surface area contributed by atoms with Crippen LogP contribution in [0.5, 0.6) is 0 Å². The molecule has 7 nitrogen and oxygen atoms in total. The molecule has 0 aliphatic rings. The second kappa shape index (κ2) is 4.49. The quantitative estimate of drug-likeness (QED) is 0.821. The molecule has 0 saturated heterocycles. The first-order valence-corrected chi connectivity index (χ1v) is 6.20. The first-order valence-electron chi connectivity index (χ1n) is 4.72. The van der Waals surface area contributed by atoms with E-state index in [1.165, 1.54) is 11.6 Å². The largest absolute Gasteiger partial charge is 0.480 e. The van der Waals surface area contributed by atoms with E-state index in [0.717, 1.165) is 17.2 Å². The predicted molar refractivity (Wildman–Crippen MR) is 55.6 cm³/mol. The number of nitrogens with zero attached hydrogens (tertiary/aromatic N) is 2. The number of rotatable bonds is 4. The van der Waals surface area contributed by atoms with Gasteiger partial charge in [-0.15, -0.1) is 0 Å². The van der Waals surface area contributed by atoms with Gasteiger partial charge in [0, 0.05) is 13.2 Å². The number of sulfonamides is 1. The van der Waals surface area contributed by atoms with E-state index in [-0.39, 0.29) is 6.92 Å². The fraction of sp³-hybridized carbons (Fsp3) is 0.500. The van der Waals surface area contributed by atoms with Crippen LogP contribution in [0.2, 0.25) is 0 Å². The lowest BCUT2D eigenvalue weighted by molar-refractivity contribution is -0.201. The first-order chi connectivity index (χ1) is 8.40. The van der Waals surface area contributed by atoms with Gasteiger partial charge < -0.3 is 9.67 Å². The molecule has 0 radical (unpaired) electrons. The number of aryl methyl sites for hydroxylation is 1. The molecule has 0 bridgehead atoms. The van der Waals surface area contributed by atoms with Gasteiger partial charge in [0.15, 0.2) is 5.03 Å². The minimum Gasteiger partial charge on any atom is -0.480 e. The molecule has 1 atom stereocenters. The average molecular weight is 301 g/mol. The molecule has 1 aromatic heterocycles. The second-order valence-electron chi connectivity index (χ2n) is 3.91. The Kier molecular flexibility index (Phi) is 3.65. The summed E-state index contributed by atoms with van der Waals surface area (Å²) in [6.07, 6.45) is -3.30. The Morgan fingerprint density at radius 3 is 2.32 bits per heavy atom. The van der Waals surface area contributed by atoms with E-state index in [0.29, 0.717) is 0 Å². The lowest BCUT2D eigenvalue weighted by Crippen LogP contribution is -2.61. The summed E-state index contributed by atoms with van der Waals surface area (Å²) in [6, 6.07) is 0. The highest BCUT2D eigenvalue weighted by molar-refractivity contribution is 7.89. The van der Waals surface area contributed by atoms with Crippen molar-refractivity contribution in [2.45, 2.75) is 23.7 Å². The van der Waals surface area contributed by atoms with Crippen LogP contribution in [0, 0.1) is 0 Å². The summed E-state index contributed by atoms with van der Waals surface area (Å²) in [7, 11) is -3.30. The van der Waals surface area contributed by atoms with Crippen molar-refractivity contribution in [2.75, 3.05) is 0 Å². The van der Waals surface area contributed by atoms with E-state index >= 15 is 0 Å². The second-order valence-corrected chi connectivity index (χ2v) is 5.54. The van der Waals surface area contributed by atoms with Gasteiger partial charge in [-0.1, -0.05) is 0 Å². The van der Waals surface area contributed by atoms with E-state index in [2.05, 4.69) is 4.98 Å². The molecule has 2 N–H and O–H groups in total. The van der Waals surface area contributed by atoms with E-state index in [4.69, 9.17) is 5.11 Å². The molecule has 1 aromatic rings. The Bertz CT molecular complexity index is 595. The maximum atomic E-state index is 12.7. The minimum atomic E-state index is -5.30. The van der Waals surface area contributed by atoms with Crippen LogP contribution in [0.1, 0.15) is 6.92 Å². The number of aromatic nitrogens is 2. The fourth-order valence-electron chi connectivity index (χ4n) is 1.07. The van der Waals surface area contributed by atoms with Crippen LogP contribution in [0.3, 0.4) is 0 Å². The number of imidazole rings is 1. The molecule has 0 amide bonds. The molecule has 0 aliphatic heterocycles. The third kappa shape index (κ3) is 2.87. The average Bonchev–Trinajstić information content (AvgIpc) is 2.62. The summed E-state index contributed by atoms with van der Waals surface area (Å²) in [5.74, 6) is -2.36. The van der Waals surface area contributed by atoms with Gasteiger partial charge in [-0.25, -0.2) is 18.2 Å². The number of aliphatic carboxylic acids is 1. The lowest BCUT2D eigenvalue weighted by Gasteiger charge is -2.27. The van der Waals surface area contributed by atoms with Crippen molar-refractivity contribution in [1.82, 2.24) is 14.3 Å². The molecular weight excluding hydrogens is 291 g/mol. The molecule has 108 valence electrons. The minimum absolute atomic E-state index is 0.218. The number of carboxylic acid groups (broad SMARTS) is 1. The van der Waals surface area contributed by atoms with Crippen LogP contribution in [0.25, 0.3) is 0 Å². The van der Waals surface area contributed by atoms with Crippen LogP contribution in [-0.2, 0) is 21.9 Å². The number of nitrogens with one attached hydrogen (secondary N) is 1. The zero-order valence-electron chi connectivity index (χ0n) is 9.76. The topological polar surface area (TPSA) is 101 Å². The van der Waals surface area contributed by atoms with Gasteiger partial charge in [-0.2, -0.15) is 17.9 Å². The molecule has 0 aliphatic carbocycles. The number of halogens is 3. The standard InChI is InChI=1S/C8H10F3N3O4S/c1-7(6(15)16,8(9,10)11)13-19(17,18)5-3-14(2)4-12-5/h3-4,13H,1-2H3,(H,15,16). The normalized spacial score (nSPS) is 16.1. The Labute approximate surface area is 106 Å². The van der Waals surface area contributed by atoms with Crippen LogP contribution in [-0.4, -0.2) is 40.8 Å². The Morgan fingerprint density at radius 1 is 1.47 bits per heavy atom. The predicted octanol–water partition coefficient (Wildman–Crippen LogP) is 0.104. The van der Waals surface area contributed by atoms with Crippen LogP contribution < -0.4 is 4.72 Å². The van der Waals surface area contributed by atoms with Crippen molar-refractivity contribution in [3.63, 3.8) is 0 Å². The number of carboxylic acids is 1. The smallest absolute Gasteiger partial charge is 0.418 e. The summed E-state index contributed by atoms with van der Waals surface area (Å²) >= 11 is 0. The zero-order chi connectivity index (χ0) is 15.1. The monoisotopic (exact) mass is 301 g/mol. The van der Waals surface area contributed by atoms with Gasteiger partial charge >= 0.3 is 12.1 Å². The third-order valence-electron chi connectivity index (χ3n) is 2.29. The summed E-state index contributed by atoms with van der Waals surface area (Å²) < 4.78 is 63.6. The van der Waals surface area contributed by atoms with Crippen molar-refractivity contribution in [3.8, 4) is 0 Å². The molecule has 0 spiro atoms. The first kappa shape index (κ1) is 15.4. The highest BCUT2D eigenvalue weighted by Gasteiger charge is 2.59. The fourth-order valence-corrected chi connectivity index (χ4v) is 2.41. The van der Waals surface area contributed by atoms with Gasteiger partial charge in [0.2, 0.25) is 5.54 Å². The van der Waals surface area contributed by atoms with Crippen molar-refractivity contribution < 1.29 is 31.5 Å². The van der Waals surface area contributed by atoms with Crippen LogP contribution in [0.15, 0.2) is 17.6 Å². The zero-order valence-corrected chi connectivity index (χ0v) is 10.6. The van der Waals surface area contributed by atoms with Gasteiger partial charge in [-0.05, 0) is 6.92 Å². The highest BCUT2D eigenvalue weighted by Crippen LogP contribution is 2.31. The number of hydrogen-bond donors (Lipinski definition) is 2.